The van der Waals surface area contributed by atoms with Gasteiger partial charge in [0.05, 0.1) is 12.7 Å². The van der Waals surface area contributed by atoms with E-state index in [-0.39, 0.29) is 23.7 Å². The zero-order chi connectivity index (χ0) is 17.3. The maximum Gasteiger partial charge on any atom is 0.315 e. The number of anilines is 1. The van der Waals surface area contributed by atoms with E-state index in [0.29, 0.717) is 5.69 Å². The third-order valence-electron chi connectivity index (χ3n) is 3.97. The fraction of sp³-hybridized carbons (Fsp3) is 0.176. The second-order valence-corrected chi connectivity index (χ2v) is 5.35. The van der Waals surface area contributed by atoms with Crippen LogP contribution in [0.5, 0.6) is 0 Å². The molecule has 0 fully saturated rings. The van der Waals surface area contributed by atoms with Crippen molar-refractivity contribution in [2.75, 3.05) is 18.6 Å². The van der Waals surface area contributed by atoms with Crippen LogP contribution in [0.25, 0.3) is 0 Å². The van der Waals surface area contributed by atoms with Crippen LogP contribution < -0.4 is 10.6 Å². The summed E-state index contributed by atoms with van der Waals surface area (Å²) in [6.07, 6.45) is 1.26. The molecule has 0 saturated heterocycles. The van der Waals surface area contributed by atoms with E-state index < -0.39 is 17.8 Å². The smallest absolute Gasteiger partial charge is 0.315 e. The molecule has 1 aromatic carbocycles. The molecule has 0 spiro atoms. The monoisotopic (exact) mass is 325 g/mol. The van der Waals surface area contributed by atoms with Crippen LogP contribution in [0, 0.1) is 0 Å². The van der Waals surface area contributed by atoms with Crippen molar-refractivity contribution in [3.63, 3.8) is 0 Å². The number of primary amides is 1. The molecule has 122 valence electrons. The number of ether oxygens (including phenoxy) is 1. The lowest BCUT2D eigenvalue weighted by Gasteiger charge is -2.17. The number of esters is 1. The lowest BCUT2D eigenvalue weighted by atomic mass is 10.0. The van der Waals surface area contributed by atoms with Gasteiger partial charge in [-0.2, -0.15) is 0 Å². The first kappa shape index (κ1) is 15.7. The van der Waals surface area contributed by atoms with Crippen molar-refractivity contribution >= 4 is 23.5 Å². The van der Waals surface area contributed by atoms with E-state index in [1.807, 2.05) is 6.07 Å². The molecule has 7 nitrogen and oxygen atoms in total. The number of nitrogens with two attached hydrogens (primary N) is 1. The summed E-state index contributed by atoms with van der Waals surface area (Å²) >= 11 is 0. The SMILES string of the molecule is COC(=O)C1CN(C(=O)c2ccc(C(N)=O)cn2)c2ccccc21. The summed E-state index contributed by atoms with van der Waals surface area (Å²) in [7, 11) is 1.32. The molecule has 3 rings (SSSR count). The molecule has 1 aliphatic heterocycles. The Bertz CT molecular complexity index is 817. The second kappa shape index (κ2) is 6.11. The minimum absolute atomic E-state index is 0.167. The molecule has 1 aromatic heterocycles. The van der Waals surface area contributed by atoms with E-state index >= 15 is 0 Å². The maximum atomic E-state index is 12.7. The van der Waals surface area contributed by atoms with Crippen LogP contribution in [0.3, 0.4) is 0 Å². The molecule has 2 N–H and O–H groups in total. The number of rotatable bonds is 3. The Labute approximate surface area is 138 Å². The van der Waals surface area contributed by atoms with Crippen LogP contribution in [-0.4, -0.2) is 36.4 Å². The summed E-state index contributed by atoms with van der Waals surface area (Å²) < 4.78 is 4.82. The number of amides is 2. The first-order valence-electron chi connectivity index (χ1n) is 7.27. The molecule has 0 radical (unpaired) electrons. The first-order chi connectivity index (χ1) is 11.5. The summed E-state index contributed by atoms with van der Waals surface area (Å²) in [6.45, 7) is 0.185. The van der Waals surface area contributed by atoms with Gasteiger partial charge in [0.1, 0.15) is 11.6 Å². The summed E-state index contributed by atoms with van der Waals surface area (Å²) in [6, 6.07) is 10.1. The van der Waals surface area contributed by atoms with E-state index in [0.717, 1.165) is 5.56 Å². The summed E-state index contributed by atoms with van der Waals surface area (Å²) in [4.78, 5) is 41.3. The molecule has 0 aliphatic carbocycles. The molecule has 7 heteroatoms. The van der Waals surface area contributed by atoms with Gasteiger partial charge in [0.25, 0.3) is 5.91 Å². The topological polar surface area (TPSA) is 103 Å². The molecule has 1 aliphatic rings. The predicted octanol–water partition coefficient (Wildman–Crippen LogP) is 1.10. The number of fused-ring (bicyclic) bond motifs is 1. The third-order valence-corrected chi connectivity index (χ3v) is 3.97. The van der Waals surface area contributed by atoms with Crippen molar-refractivity contribution in [3.8, 4) is 0 Å². The van der Waals surface area contributed by atoms with Gasteiger partial charge in [0, 0.05) is 18.4 Å². The fourth-order valence-corrected chi connectivity index (χ4v) is 2.75. The maximum absolute atomic E-state index is 12.7. The van der Waals surface area contributed by atoms with Gasteiger partial charge in [0.15, 0.2) is 0 Å². The van der Waals surface area contributed by atoms with Crippen LogP contribution in [0.4, 0.5) is 5.69 Å². The number of hydrogen-bond donors (Lipinski definition) is 1. The number of para-hydroxylation sites is 1. The lowest BCUT2D eigenvalue weighted by Crippen LogP contribution is -2.32. The van der Waals surface area contributed by atoms with Gasteiger partial charge in [0.2, 0.25) is 5.91 Å². The van der Waals surface area contributed by atoms with Gasteiger partial charge < -0.3 is 15.4 Å². The van der Waals surface area contributed by atoms with Gasteiger partial charge in [-0.3, -0.25) is 19.4 Å². The normalized spacial score (nSPS) is 15.7. The number of benzene rings is 1. The number of carbonyl (C=O) groups excluding carboxylic acids is 3. The molecule has 2 aromatic rings. The average molecular weight is 325 g/mol. The van der Waals surface area contributed by atoms with E-state index in [4.69, 9.17) is 10.5 Å². The highest BCUT2D eigenvalue weighted by Gasteiger charge is 2.37. The molecular formula is C17H15N3O4. The number of aromatic nitrogens is 1. The number of hydrogen-bond acceptors (Lipinski definition) is 5. The summed E-state index contributed by atoms with van der Waals surface area (Å²) in [5.41, 5.74) is 6.95. The highest BCUT2D eigenvalue weighted by Crippen LogP contribution is 2.37. The second-order valence-electron chi connectivity index (χ2n) is 5.35. The van der Waals surface area contributed by atoms with Crippen molar-refractivity contribution < 1.29 is 19.1 Å². The Hall–Kier alpha value is -3.22. The largest absolute Gasteiger partial charge is 0.468 e. The number of methoxy groups -OCH3 is 1. The van der Waals surface area contributed by atoms with Crippen LogP contribution in [0.1, 0.15) is 32.3 Å². The number of carbonyl (C=O) groups is 3. The average Bonchev–Trinajstić information content (AvgIpc) is 3.00. The standard InChI is InChI=1S/C17H15N3O4/c1-24-17(23)12-9-20(14-5-3-2-4-11(12)14)16(22)13-7-6-10(8-19-13)15(18)21/h2-8,12H,9H2,1H3,(H2,18,21). The molecule has 2 heterocycles. The van der Waals surface area contributed by atoms with Crippen molar-refractivity contribution in [2.45, 2.75) is 5.92 Å². The highest BCUT2D eigenvalue weighted by atomic mass is 16.5. The van der Waals surface area contributed by atoms with Crippen LogP contribution in [0.15, 0.2) is 42.6 Å². The van der Waals surface area contributed by atoms with Gasteiger partial charge in [-0.25, -0.2) is 0 Å². The summed E-state index contributed by atoms with van der Waals surface area (Å²) in [5.74, 6) is -1.89. The Morgan fingerprint density at radius 1 is 1.21 bits per heavy atom. The van der Waals surface area contributed by atoms with Crippen molar-refractivity contribution in [1.29, 1.82) is 0 Å². The van der Waals surface area contributed by atoms with Gasteiger partial charge in [-0.1, -0.05) is 18.2 Å². The zero-order valence-corrected chi connectivity index (χ0v) is 12.9. The van der Waals surface area contributed by atoms with Crippen molar-refractivity contribution in [1.82, 2.24) is 4.98 Å². The number of nitrogens with zero attached hydrogens (tertiary/aromatic N) is 2. The number of pyridine rings is 1. The Balaban J connectivity index is 1.93. The Morgan fingerprint density at radius 2 is 1.96 bits per heavy atom. The third kappa shape index (κ3) is 2.60. The molecular weight excluding hydrogens is 310 g/mol. The minimum atomic E-state index is -0.612. The van der Waals surface area contributed by atoms with Crippen LogP contribution >= 0.6 is 0 Å². The lowest BCUT2D eigenvalue weighted by molar-refractivity contribution is -0.141. The first-order valence-corrected chi connectivity index (χ1v) is 7.27. The predicted molar refractivity (Wildman–Crippen MR) is 85.6 cm³/mol. The van der Waals surface area contributed by atoms with E-state index in [1.165, 1.54) is 30.3 Å². The molecule has 0 saturated carbocycles. The van der Waals surface area contributed by atoms with E-state index in [9.17, 15) is 14.4 Å². The molecule has 2 amide bonds. The summed E-state index contributed by atoms with van der Waals surface area (Å²) in [5, 5.41) is 0. The molecule has 1 atom stereocenters. The van der Waals surface area contributed by atoms with Crippen LogP contribution in [0.2, 0.25) is 0 Å². The minimum Gasteiger partial charge on any atom is -0.468 e. The Kier molecular flexibility index (Phi) is 3.99. The molecule has 24 heavy (non-hydrogen) atoms. The molecule has 0 bridgehead atoms. The molecule has 1 unspecified atom stereocenters. The van der Waals surface area contributed by atoms with Crippen molar-refractivity contribution in [2.24, 2.45) is 5.73 Å². The van der Waals surface area contributed by atoms with Gasteiger partial charge in [-0.15, -0.1) is 0 Å². The van der Waals surface area contributed by atoms with Crippen LogP contribution in [-0.2, 0) is 9.53 Å². The van der Waals surface area contributed by atoms with E-state index in [2.05, 4.69) is 4.98 Å². The Morgan fingerprint density at radius 3 is 2.58 bits per heavy atom. The van der Waals surface area contributed by atoms with Gasteiger partial charge in [-0.05, 0) is 23.8 Å². The highest BCUT2D eigenvalue weighted by molar-refractivity contribution is 6.08. The van der Waals surface area contributed by atoms with E-state index in [1.54, 1.807) is 18.2 Å². The fourth-order valence-electron chi connectivity index (χ4n) is 2.75. The van der Waals surface area contributed by atoms with Gasteiger partial charge >= 0.3 is 5.97 Å². The van der Waals surface area contributed by atoms with Crippen molar-refractivity contribution in [3.05, 3.63) is 59.4 Å². The quantitative estimate of drug-likeness (QED) is 0.851. The zero-order valence-electron chi connectivity index (χ0n) is 12.9.